The number of aromatic nitrogens is 5. The second-order valence-electron chi connectivity index (χ2n) is 7.67. The average molecular weight is 465 g/mol. The zero-order chi connectivity index (χ0) is 22.8. The number of hydrogen-bond donors (Lipinski definition) is 0. The standard InChI is InChI=1S/C23H24N6OS2/c1-14-9-10-20(17(4)11-14)28(18(5)30)22-24-19(12-31-22)13-32-23-25-26-27-29(23)21-15(2)7-6-8-16(21)3/h6-12H,13H2,1-5H3. The monoisotopic (exact) mass is 464 g/mol. The van der Waals surface area contributed by atoms with Crippen molar-refractivity contribution in [3.8, 4) is 5.69 Å². The molecule has 0 aliphatic rings. The van der Waals surface area contributed by atoms with Crippen LogP contribution in [0, 0.1) is 27.7 Å². The van der Waals surface area contributed by atoms with E-state index in [0.717, 1.165) is 39.3 Å². The molecule has 2 heterocycles. The van der Waals surface area contributed by atoms with Crippen molar-refractivity contribution in [1.82, 2.24) is 25.2 Å². The van der Waals surface area contributed by atoms with Gasteiger partial charge in [0.2, 0.25) is 11.1 Å². The first-order valence-electron chi connectivity index (χ1n) is 10.1. The van der Waals surface area contributed by atoms with Crippen LogP contribution in [0.4, 0.5) is 10.8 Å². The molecule has 0 atom stereocenters. The summed E-state index contributed by atoms with van der Waals surface area (Å²) in [5, 5.41) is 15.6. The number of anilines is 2. The summed E-state index contributed by atoms with van der Waals surface area (Å²) in [6, 6.07) is 12.2. The summed E-state index contributed by atoms with van der Waals surface area (Å²) in [6.07, 6.45) is 0. The van der Waals surface area contributed by atoms with E-state index in [-0.39, 0.29) is 5.91 Å². The Morgan fingerprint density at radius 1 is 1.09 bits per heavy atom. The molecule has 1 amide bonds. The second kappa shape index (κ2) is 9.22. The van der Waals surface area contributed by atoms with E-state index in [2.05, 4.69) is 47.6 Å². The van der Waals surface area contributed by atoms with Crippen LogP contribution in [-0.4, -0.2) is 31.1 Å². The average Bonchev–Trinajstić information content (AvgIpc) is 3.38. The highest BCUT2D eigenvalue weighted by Crippen LogP contribution is 2.33. The summed E-state index contributed by atoms with van der Waals surface area (Å²) in [5.74, 6) is 0.532. The van der Waals surface area contributed by atoms with Crippen LogP contribution in [0.1, 0.15) is 34.9 Å². The normalized spacial score (nSPS) is 11.0. The van der Waals surface area contributed by atoms with Gasteiger partial charge in [-0.05, 0) is 60.9 Å². The van der Waals surface area contributed by atoms with Gasteiger partial charge >= 0.3 is 0 Å². The maximum atomic E-state index is 12.5. The van der Waals surface area contributed by atoms with Crippen LogP contribution in [0.15, 0.2) is 46.9 Å². The number of carbonyl (C=O) groups is 1. The molecular weight excluding hydrogens is 440 g/mol. The summed E-state index contributed by atoms with van der Waals surface area (Å²) < 4.78 is 1.78. The third-order valence-corrected chi connectivity index (χ3v) is 6.91. The first-order chi connectivity index (χ1) is 15.3. The number of benzene rings is 2. The van der Waals surface area contributed by atoms with Gasteiger partial charge in [0.05, 0.1) is 17.1 Å². The predicted octanol–water partition coefficient (Wildman–Crippen LogP) is 5.33. The topological polar surface area (TPSA) is 76.8 Å². The van der Waals surface area contributed by atoms with Gasteiger partial charge in [0.1, 0.15) is 0 Å². The van der Waals surface area contributed by atoms with Gasteiger partial charge in [0.15, 0.2) is 5.13 Å². The molecule has 4 rings (SSSR count). The van der Waals surface area contributed by atoms with E-state index in [1.807, 2.05) is 37.4 Å². The number of hydrogen-bond acceptors (Lipinski definition) is 7. The summed E-state index contributed by atoms with van der Waals surface area (Å²) in [6.45, 7) is 9.71. The summed E-state index contributed by atoms with van der Waals surface area (Å²) in [7, 11) is 0. The molecule has 7 nitrogen and oxygen atoms in total. The number of amides is 1. The van der Waals surface area contributed by atoms with Crippen LogP contribution >= 0.6 is 23.1 Å². The van der Waals surface area contributed by atoms with Crippen LogP contribution < -0.4 is 4.90 Å². The number of carbonyl (C=O) groups excluding carboxylic acids is 1. The van der Waals surface area contributed by atoms with Gasteiger partial charge in [-0.3, -0.25) is 9.69 Å². The fourth-order valence-electron chi connectivity index (χ4n) is 3.62. The van der Waals surface area contributed by atoms with Crippen molar-refractivity contribution in [2.75, 3.05) is 4.90 Å². The van der Waals surface area contributed by atoms with Gasteiger partial charge in [-0.2, -0.15) is 4.68 Å². The molecule has 164 valence electrons. The zero-order valence-electron chi connectivity index (χ0n) is 18.7. The second-order valence-corrected chi connectivity index (χ2v) is 9.45. The van der Waals surface area contributed by atoms with E-state index in [1.165, 1.54) is 23.1 Å². The van der Waals surface area contributed by atoms with E-state index < -0.39 is 0 Å². The quantitative estimate of drug-likeness (QED) is 0.359. The Bertz CT molecular complexity index is 1260. The van der Waals surface area contributed by atoms with Crippen molar-refractivity contribution < 1.29 is 4.79 Å². The Morgan fingerprint density at radius 3 is 2.53 bits per heavy atom. The lowest BCUT2D eigenvalue weighted by Crippen LogP contribution is -2.23. The van der Waals surface area contributed by atoms with Crippen LogP contribution in [0.25, 0.3) is 5.69 Å². The number of para-hydroxylation sites is 1. The lowest BCUT2D eigenvalue weighted by Gasteiger charge is -2.20. The minimum Gasteiger partial charge on any atom is -0.274 e. The van der Waals surface area contributed by atoms with Crippen molar-refractivity contribution in [2.45, 2.75) is 45.5 Å². The van der Waals surface area contributed by atoms with Gasteiger partial charge in [0, 0.05) is 18.1 Å². The van der Waals surface area contributed by atoms with Crippen molar-refractivity contribution in [1.29, 1.82) is 0 Å². The minimum atomic E-state index is -0.0653. The molecular formula is C23H24N6OS2. The molecule has 0 N–H and O–H groups in total. The minimum absolute atomic E-state index is 0.0653. The summed E-state index contributed by atoms with van der Waals surface area (Å²) in [5.41, 5.74) is 7.15. The van der Waals surface area contributed by atoms with E-state index in [4.69, 9.17) is 4.98 Å². The number of tetrazole rings is 1. The number of thioether (sulfide) groups is 1. The molecule has 0 aliphatic heterocycles. The van der Waals surface area contributed by atoms with Crippen molar-refractivity contribution in [2.24, 2.45) is 0 Å². The molecule has 0 radical (unpaired) electrons. The Hall–Kier alpha value is -3.04. The molecule has 0 fully saturated rings. The lowest BCUT2D eigenvalue weighted by atomic mass is 10.1. The third-order valence-electron chi connectivity index (χ3n) is 5.08. The number of nitrogens with zero attached hydrogens (tertiary/aromatic N) is 6. The zero-order valence-corrected chi connectivity index (χ0v) is 20.3. The van der Waals surface area contributed by atoms with E-state index in [9.17, 15) is 4.79 Å². The molecule has 0 saturated heterocycles. The highest BCUT2D eigenvalue weighted by molar-refractivity contribution is 7.98. The summed E-state index contributed by atoms with van der Waals surface area (Å²) in [4.78, 5) is 18.9. The van der Waals surface area contributed by atoms with Gasteiger partial charge < -0.3 is 0 Å². The molecule has 32 heavy (non-hydrogen) atoms. The van der Waals surface area contributed by atoms with Crippen molar-refractivity contribution in [3.63, 3.8) is 0 Å². The number of rotatable bonds is 6. The van der Waals surface area contributed by atoms with E-state index >= 15 is 0 Å². The summed E-state index contributed by atoms with van der Waals surface area (Å²) >= 11 is 2.98. The third kappa shape index (κ3) is 4.44. The Morgan fingerprint density at radius 2 is 1.84 bits per heavy atom. The molecule has 0 bridgehead atoms. The highest BCUT2D eigenvalue weighted by Gasteiger charge is 2.20. The SMILES string of the molecule is CC(=O)N(c1nc(CSc2nnnn2-c2c(C)cccc2C)cs1)c1ccc(C)cc1C. The maximum Gasteiger partial charge on any atom is 0.230 e. The first-order valence-corrected chi connectivity index (χ1v) is 12.0. The Labute approximate surface area is 195 Å². The van der Waals surface area contributed by atoms with E-state index in [1.54, 1.807) is 16.5 Å². The van der Waals surface area contributed by atoms with Gasteiger partial charge in [-0.1, -0.05) is 47.7 Å². The predicted molar refractivity (Wildman–Crippen MR) is 129 cm³/mol. The van der Waals surface area contributed by atoms with Crippen LogP contribution in [0.5, 0.6) is 0 Å². The van der Waals surface area contributed by atoms with Gasteiger partial charge in [-0.15, -0.1) is 16.4 Å². The fourth-order valence-corrected chi connectivity index (χ4v) is 5.37. The van der Waals surface area contributed by atoms with E-state index in [0.29, 0.717) is 16.0 Å². The smallest absolute Gasteiger partial charge is 0.230 e. The fraction of sp³-hybridized carbons (Fsp3) is 0.261. The van der Waals surface area contributed by atoms with Crippen LogP contribution in [-0.2, 0) is 10.5 Å². The molecule has 2 aromatic heterocycles. The number of thiazole rings is 1. The molecule has 0 unspecified atom stereocenters. The Kier molecular flexibility index (Phi) is 6.38. The van der Waals surface area contributed by atoms with Gasteiger partial charge in [-0.25, -0.2) is 4.98 Å². The molecule has 0 saturated carbocycles. The van der Waals surface area contributed by atoms with Crippen LogP contribution in [0.2, 0.25) is 0 Å². The molecule has 0 aliphatic carbocycles. The van der Waals surface area contributed by atoms with Crippen molar-refractivity contribution >= 4 is 39.8 Å². The maximum absolute atomic E-state index is 12.5. The van der Waals surface area contributed by atoms with Gasteiger partial charge in [0.25, 0.3) is 0 Å². The first kappa shape index (κ1) is 22.2. The Balaban J connectivity index is 1.56. The molecule has 4 aromatic rings. The lowest BCUT2D eigenvalue weighted by molar-refractivity contribution is -0.115. The highest BCUT2D eigenvalue weighted by atomic mass is 32.2. The van der Waals surface area contributed by atoms with Crippen LogP contribution in [0.3, 0.4) is 0 Å². The largest absolute Gasteiger partial charge is 0.274 e. The van der Waals surface area contributed by atoms with Crippen molar-refractivity contribution in [3.05, 3.63) is 69.7 Å². The molecule has 9 heteroatoms. The molecule has 0 spiro atoms. The molecule has 2 aromatic carbocycles. The number of aryl methyl sites for hydroxylation is 4.